The highest BCUT2D eigenvalue weighted by atomic mass is 32.2. The van der Waals surface area contributed by atoms with E-state index in [1.807, 2.05) is 19.1 Å². The number of aliphatic carboxylic acids is 2. The van der Waals surface area contributed by atoms with E-state index in [9.17, 15) is 8.42 Å². The number of hydrogen-bond acceptors (Lipinski definition) is 5. The second kappa shape index (κ2) is 10.2. The Labute approximate surface area is 172 Å². The van der Waals surface area contributed by atoms with Crippen LogP contribution in [0.5, 0.6) is 0 Å². The standard InChI is InChI=1S/C18H28N2O2S.C2H2O4/c1-15-3-5-18(6-4-15)23(21,22)20-13-9-17(10-14-20)19-11-7-16(2)8-12-19;3-1(4)2(5)6/h3-6,16-17H,7-14H2,1-2H3;(H,3,4)(H,5,6). The summed E-state index contributed by atoms with van der Waals surface area (Å²) >= 11 is 0. The zero-order valence-electron chi connectivity index (χ0n) is 17.0. The molecule has 2 N–H and O–H groups in total. The number of aryl methyl sites for hydroxylation is 1. The first-order valence-electron chi connectivity index (χ1n) is 9.88. The molecule has 0 aromatic heterocycles. The van der Waals surface area contributed by atoms with Crippen LogP contribution in [0, 0.1) is 12.8 Å². The number of sulfonamides is 1. The van der Waals surface area contributed by atoms with Gasteiger partial charge in [0.05, 0.1) is 4.90 Å². The summed E-state index contributed by atoms with van der Waals surface area (Å²) in [6.45, 7) is 7.95. The van der Waals surface area contributed by atoms with Gasteiger partial charge in [-0.3, -0.25) is 0 Å². The third-order valence-electron chi connectivity index (χ3n) is 5.60. The van der Waals surface area contributed by atoms with Gasteiger partial charge in [0.15, 0.2) is 0 Å². The molecule has 8 nitrogen and oxygen atoms in total. The van der Waals surface area contributed by atoms with Crippen molar-refractivity contribution in [2.45, 2.75) is 50.5 Å². The number of carboxylic acid groups (broad SMARTS) is 2. The van der Waals surface area contributed by atoms with Gasteiger partial charge in [0.1, 0.15) is 0 Å². The van der Waals surface area contributed by atoms with E-state index in [2.05, 4.69) is 11.8 Å². The minimum Gasteiger partial charge on any atom is -0.473 e. The molecule has 0 bridgehead atoms. The summed E-state index contributed by atoms with van der Waals surface area (Å²) in [7, 11) is -3.33. The number of carboxylic acids is 2. The molecule has 29 heavy (non-hydrogen) atoms. The monoisotopic (exact) mass is 426 g/mol. The molecule has 2 aliphatic rings. The van der Waals surface area contributed by atoms with Gasteiger partial charge in [0, 0.05) is 19.1 Å². The molecule has 0 spiro atoms. The maximum Gasteiger partial charge on any atom is 0.414 e. The SMILES string of the molecule is Cc1ccc(S(=O)(=O)N2CCC(N3CCC(C)CC3)CC2)cc1.O=C(O)C(=O)O. The summed E-state index contributed by atoms with van der Waals surface area (Å²) in [5.74, 6) is -2.81. The van der Waals surface area contributed by atoms with Crippen molar-refractivity contribution in [3.63, 3.8) is 0 Å². The number of rotatable bonds is 3. The molecule has 2 saturated heterocycles. The van der Waals surface area contributed by atoms with Gasteiger partial charge in [0.2, 0.25) is 10.0 Å². The normalized spacial score (nSPS) is 19.9. The lowest BCUT2D eigenvalue weighted by atomic mass is 9.95. The predicted octanol–water partition coefficient (Wildman–Crippen LogP) is 2.04. The van der Waals surface area contributed by atoms with E-state index in [0.29, 0.717) is 24.0 Å². The molecule has 9 heteroatoms. The number of benzene rings is 1. The predicted molar refractivity (Wildman–Crippen MR) is 108 cm³/mol. The Hall–Kier alpha value is -1.97. The van der Waals surface area contributed by atoms with Crippen molar-refractivity contribution in [1.29, 1.82) is 0 Å². The summed E-state index contributed by atoms with van der Waals surface area (Å²) in [5, 5.41) is 14.8. The van der Waals surface area contributed by atoms with E-state index in [-0.39, 0.29) is 0 Å². The highest BCUT2D eigenvalue weighted by Crippen LogP contribution is 2.26. The maximum absolute atomic E-state index is 12.7. The Kier molecular flexibility index (Phi) is 8.18. The van der Waals surface area contributed by atoms with Crippen molar-refractivity contribution >= 4 is 22.0 Å². The van der Waals surface area contributed by atoms with Gasteiger partial charge < -0.3 is 15.1 Å². The fraction of sp³-hybridized carbons (Fsp3) is 0.600. The molecule has 1 aromatic carbocycles. The van der Waals surface area contributed by atoms with Crippen molar-refractivity contribution in [3.05, 3.63) is 29.8 Å². The molecule has 0 saturated carbocycles. The number of piperidine rings is 2. The minimum atomic E-state index is -3.33. The molecule has 2 aliphatic heterocycles. The zero-order chi connectivity index (χ0) is 21.6. The molecular weight excluding hydrogens is 396 g/mol. The molecule has 0 unspecified atom stereocenters. The average molecular weight is 427 g/mol. The van der Waals surface area contributed by atoms with Crippen molar-refractivity contribution < 1.29 is 28.2 Å². The van der Waals surface area contributed by atoms with E-state index >= 15 is 0 Å². The first kappa shape index (κ1) is 23.3. The van der Waals surface area contributed by atoms with Gasteiger partial charge in [-0.15, -0.1) is 0 Å². The second-order valence-electron chi connectivity index (χ2n) is 7.78. The molecule has 3 rings (SSSR count). The van der Waals surface area contributed by atoms with E-state index < -0.39 is 22.0 Å². The highest BCUT2D eigenvalue weighted by molar-refractivity contribution is 7.89. The lowest BCUT2D eigenvalue weighted by Gasteiger charge is -2.41. The van der Waals surface area contributed by atoms with Crippen LogP contribution in [-0.2, 0) is 19.6 Å². The van der Waals surface area contributed by atoms with Crippen LogP contribution in [0.1, 0.15) is 38.2 Å². The largest absolute Gasteiger partial charge is 0.473 e. The van der Waals surface area contributed by atoms with Gasteiger partial charge in [-0.05, 0) is 63.7 Å². The lowest BCUT2D eigenvalue weighted by molar-refractivity contribution is -0.159. The Morgan fingerprint density at radius 1 is 0.897 bits per heavy atom. The molecule has 1 aromatic rings. The van der Waals surface area contributed by atoms with Crippen LogP contribution in [0.4, 0.5) is 0 Å². The van der Waals surface area contributed by atoms with Crippen LogP contribution in [0.15, 0.2) is 29.2 Å². The highest BCUT2D eigenvalue weighted by Gasteiger charge is 2.32. The summed E-state index contributed by atoms with van der Waals surface area (Å²) in [5.41, 5.74) is 1.09. The minimum absolute atomic E-state index is 0.424. The van der Waals surface area contributed by atoms with Crippen LogP contribution in [0.3, 0.4) is 0 Å². The van der Waals surface area contributed by atoms with Gasteiger partial charge in [-0.1, -0.05) is 24.6 Å². The Morgan fingerprint density at radius 3 is 1.83 bits per heavy atom. The van der Waals surface area contributed by atoms with Crippen molar-refractivity contribution in [1.82, 2.24) is 9.21 Å². The Balaban J connectivity index is 0.000000438. The first-order valence-corrected chi connectivity index (χ1v) is 11.3. The molecular formula is C20H30N2O6S. The zero-order valence-corrected chi connectivity index (χ0v) is 17.8. The van der Waals surface area contributed by atoms with E-state index in [0.717, 1.165) is 24.3 Å². The fourth-order valence-corrected chi connectivity index (χ4v) is 5.17. The topological polar surface area (TPSA) is 115 Å². The van der Waals surface area contributed by atoms with Crippen molar-refractivity contribution in [2.24, 2.45) is 5.92 Å². The molecule has 0 atom stereocenters. The number of carbonyl (C=O) groups is 2. The fourth-order valence-electron chi connectivity index (χ4n) is 3.70. The Bertz CT molecular complexity index is 781. The molecule has 0 aliphatic carbocycles. The van der Waals surface area contributed by atoms with Crippen LogP contribution in [0.2, 0.25) is 0 Å². The van der Waals surface area contributed by atoms with Crippen molar-refractivity contribution in [2.75, 3.05) is 26.2 Å². The molecule has 162 valence electrons. The number of hydrogen-bond donors (Lipinski definition) is 2. The molecule has 0 radical (unpaired) electrons. The quantitative estimate of drug-likeness (QED) is 0.711. The first-order chi connectivity index (χ1) is 13.6. The lowest BCUT2D eigenvalue weighted by Crippen LogP contribution is -2.48. The van der Waals surface area contributed by atoms with Gasteiger partial charge in [-0.25, -0.2) is 18.0 Å². The number of likely N-dealkylation sites (tertiary alicyclic amines) is 1. The summed E-state index contributed by atoms with van der Waals surface area (Å²) < 4.78 is 27.1. The third-order valence-corrected chi connectivity index (χ3v) is 7.51. The van der Waals surface area contributed by atoms with Crippen molar-refractivity contribution in [3.8, 4) is 0 Å². The van der Waals surface area contributed by atoms with Crippen LogP contribution < -0.4 is 0 Å². The molecule has 2 fully saturated rings. The van der Waals surface area contributed by atoms with Crippen LogP contribution in [0.25, 0.3) is 0 Å². The smallest absolute Gasteiger partial charge is 0.414 e. The molecule has 2 heterocycles. The number of nitrogens with zero attached hydrogens (tertiary/aromatic N) is 2. The summed E-state index contributed by atoms with van der Waals surface area (Å²) in [4.78, 5) is 21.2. The second-order valence-corrected chi connectivity index (χ2v) is 9.72. The summed E-state index contributed by atoms with van der Waals surface area (Å²) in [6.07, 6.45) is 4.47. The van der Waals surface area contributed by atoms with E-state index in [1.54, 1.807) is 16.4 Å². The van der Waals surface area contributed by atoms with E-state index in [4.69, 9.17) is 19.8 Å². The third kappa shape index (κ3) is 6.52. The van der Waals surface area contributed by atoms with Crippen LogP contribution in [-0.4, -0.2) is 72.0 Å². The van der Waals surface area contributed by atoms with E-state index in [1.165, 1.54) is 25.9 Å². The summed E-state index contributed by atoms with van der Waals surface area (Å²) in [6, 6.07) is 7.75. The maximum atomic E-state index is 12.7. The average Bonchev–Trinajstić information content (AvgIpc) is 2.69. The van der Waals surface area contributed by atoms with Gasteiger partial charge >= 0.3 is 11.9 Å². The Morgan fingerprint density at radius 2 is 1.38 bits per heavy atom. The van der Waals surface area contributed by atoms with Crippen LogP contribution >= 0.6 is 0 Å². The van der Waals surface area contributed by atoms with Gasteiger partial charge in [0.25, 0.3) is 0 Å². The molecule has 0 amide bonds. The van der Waals surface area contributed by atoms with Gasteiger partial charge in [-0.2, -0.15) is 4.31 Å².